The van der Waals surface area contributed by atoms with E-state index in [0.29, 0.717) is 0 Å². The van der Waals surface area contributed by atoms with Crippen molar-refractivity contribution in [1.82, 2.24) is 4.98 Å². The van der Waals surface area contributed by atoms with Crippen molar-refractivity contribution in [2.45, 2.75) is 19.8 Å². The average Bonchev–Trinajstić information content (AvgIpc) is 2.97. The van der Waals surface area contributed by atoms with Crippen molar-refractivity contribution in [2.24, 2.45) is 11.8 Å². The highest BCUT2D eigenvalue weighted by atomic mass is 79.9. The molecule has 1 fully saturated rings. The Balaban J connectivity index is 1.84. The number of hydrogen-bond donors (Lipinski definition) is 1. The Labute approximate surface area is 93.3 Å². The summed E-state index contributed by atoms with van der Waals surface area (Å²) >= 11 is 3.41. The molecule has 3 heteroatoms. The van der Waals surface area contributed by atoms with Crippen LogP contribution in [-0.4, -0.2) is 11.5 Å². The van der Waals surface area contributed by atoms with Crippen LogP contribution in [0.3, 0.4) is 0 Å². The molecule has 0 radical (unpaired) electrons. The Bertz CT molecular complexity index is 310. The predicted octanol–water partition coefficient (Wildman–Crippen LogP) is 3.30. The van der Waals surface area contributed by atoms with Gasteiger partial charge in [0.25, 0.3) is 0 Å². The molecule has 2 nitrogen and oxygen atoms in total. The summed E-state index contributed by atoms with van der Waals surface area (Å²) in [5, 5.41) is 3.41. The number of rotatable bonds is 4. The van der Waals surface area contributed by atoms with Crippen LogP contribution in [0.2, 0.25) is 0 Å². The monoisotopic (exact) mass is 254 g/mol. The number of halogens is 1. The highest BCUT2D eigenvalue weighted by Crippen LogP contribution is 2.36. The Kier molecular flexibility index (Phi) is 3.06. The lowest BCUT2D eigenvalue weighted by Crippen LogP contribution is -2.12. The van der Waals surface area contributed by atoms with Crippen molar-refractivity contribution in [3.05, 3.63) is 22.9 Å². The van der Waals surface area contributed by atoms with Crippen molar-refractivity contribution in [1.29, 1.82) is 0 Å². The third-order valence-corrected chi connectivity index (χ3v) is 3.19. The first-order chi connectivity index (χ1) is 6.75. The fourth-order valence-electron chi connectivity index (χ4n) is 1.62. The largest absolute Gasteiger partial charge is 0.383 e. The zero-order valence-corrected chi connectivity index (χ0v) is 9.92. The van der Waals surface area contributed by atoms with Gasteiger partial charge in [0.2, 0.25) is 0 Å². The van der Waals surface area contributed by atoms with Gasteiger partial charge in [-0.2, -0.15) is 0 Å². The van der Waals surface area contributed by atoms with Crippen molar-refractivity contribution in [2.75, 3.05) is 11.9 Å². The molecule has 1 atom stereocenters. The summed E-state index contributed by atoms with van der Waals surface area (Å²) in [5.41, 5.74) is 1.10. The maximum atomic E-state index is 4.11. The van der Waals surface area contributed by atoms with E-state index in [9.17, 15) is 0 Å². The molecule has 1 heterocycles. The molecule has 76 valence electrons. The zero-order valence-electron chi connectivity index (χ0n) is 8.33. The minimum absolute atomic E-state index is 0.786. The predicted molar refractivity (Wildman–Crippen MR) is 62.3 cm³/mol. The lowest BCUT2D eigenvalue weighted by molar-refractivity contribution is 0.536. The summed E-state index contributed by atoms with van der Waals surface area (Å²) in [6, 6.07) is 2.06. The quantitative estimate of drug-likeness (QED) is 0.892. The number of aromatic nitrogens is 1. The first kappa shape index (κ1) is 9.97. The van der Waals surface area contributed by atoms with E-state index in [4.69, 9.17) is 0 Å². The summed E-state index contributed by atoms with van der Waals surface area (Å²) in [4.78, 5) is 4.11. The van der Waals surface area contributed by atoms with Crippen LogP contribution in [0.25, 0.3) is 0 Å². The molecule has 1 aromatic rings. The molecule has 2 rings (SSSR count). The van der Waals surface area contributed by atoms with Gasteiger partial charge in [-0.05, 0) is 46.7 Å². The summed E-state index contributed by atoms with van der Waals surface area (Å²) < 4.78 is 1.03. The van der Waals surface area contributed by atoms with Gasteiger partial charge < -0.3 is 5.32 Å². The molecular weight excluding hydrogens is 240 g/mol. The number of nitrogens with one attached hydrogen (secondary N) is 1. The fraction of sp³-hybridized carbons (Fsp3) is 0.545. The van der Waals surface area contributed by atoms with E-state index in [1.165, 1.54) is 12.8 Å². The molecule has 0 bridgehead atoms. The van der Waals surface area contributed by atoms with Crippen LogP contribution in [0, 0.1) is 11.8 Å². The molecule has 1 aliphatic carbocycles. The first-order valence-corrected chi connectivity index (χ1v) is 5.89. The van der Waals surface area contributed by atoms with Crippen LogP contribution in [-0.2, 0) is 0 Å². The van der Waals surface area contributed by atoms with Crippen LogP contribution < -0.4 is 5.32 Å². The van der Waals surface area contributed by atoms with E-state index in [0.717, 1.165) is 28.5 Å². The number of hydrogen-bond acceptors (Lipinski definition) is 2. The van der Waals surface area contributed by atoms with Crippen molar-refractivity contribution in [3.63, 3.8) is 0 Å². The van der Waals surface area contributed by atoms with Gasteiger partial charge in [-0.1, -0.05) is 6.92 Å². The number of anilines is 1. The fourth-order valence-corrected chi connectivity index (χ4v) is 1.98. The van der Waals surface area contributed by atoms with Gasteiger partial charge in [-0.25, -0.2) is 0 Å². The molecule has 1 unspecified atom stereocenters. The van der Waals surface area contributed by atoms with Gasteiger partial charge in [-0.3, -0.25) is 4.98 Å². The summed E-state index contributed by atoms with van der Waals surface area (Å²) in [6.07, 6.45) is 6.50. The number of pyridine rings is 1. The van der Waals surface area contributed by atoms with Gasteiger partial charge in [0, 0.05) is 17.2 Å². The van der Waals surface area contributed by atoms with Crippen LogP contribution in [0.5, 0.6) is 0 Å². The second-order valence-electron chi connectivity index (χ2n) is 4.09. The minimum atomic E-state index is 0.786. The van der Waals surface area contributed by atoms with Gasteiger partial charge in [0.05, 0.1) is 11.9 Å². The van der Waals surface area contributed by atoms with Crippen LogP contribution in [0.4, 0.5) is 5.69 Å². The van der Waals surface area contributed by atoms with Crippen LogP contribution >= 0.6 is 15.9 Å². The topological polar surface area (TPSA) is 24.9 Å². The highest BCUT2D eigenvalue weighted by Gasteiger charge is 2.27. The third-order valence-electron chi connectivity index (χ3n) is 2.76. The average molecular weight is 255 g/mol. The van der Waals surface area contributed by atoms with E-state index >= 15 is 0 Å². The molecule has 1 aromatic heterocycles. The van der Waals surface area contributed by atoms with E-state index < -0.39 is 0 Å². The first-order valence-electron chi connectivity index (χ1n) is 5.10. The Hall–Kier alpha value is -0.570. The molecule has 0 aliphatic heterocycles. The summed E-state index contributed by atoms with van der Waals surface area (Å²) in [7, 11) is 0. The summed E-state index contributed by atoms with van der Waals surface area (Å²) in [6.45, 7) is 3.37. The molecular formula is C11H15BrN2. The van der Waals surface area contributed by atoms with Gasteiger partial charge >= 0.3 is 0 Å². The Morgan fingerprint density at radius 2 is 2.36 bits per heavy atom. The van der Waals surface area contributed by atoms with Crippen LogP contribution in [0.15, 0.2) is 22.9 Å². The molecule has 0 aromatic carbocycles. The van der Waals surface area contributed by atoms with Crippen molar-refractivity contribution in [3.8, 4) is 0 Å². The molecule has 0 amide bonds. The van der Waals surface area contributed by atoms with Crippen LogP contribution in [0.1, 0.15) is 19.8 Å². The highest BCUT2D eigenvalue weighted by molar-refractivity contribution is 9.10. The lowest BCUT2D eigenvalue weighted by atomic mass is 10.1. The maximum Gasteiger partial charge on any atom is 0.0538 e. The molecule has 14 heavy (non-hydrogen) atoms. The standard InChI is InChI=1S/C11H15BrN2/c1-8(9-2-3-9)5-14-11-4-10(12)6-13-7-11/h4,6-9,14H,2-3,5H2,1H3. The van der Waals surface area contributed by atoms with Gasteiger partial charge in [0.15, 0.2) is 0 Å². The van der Waals surface area contributed by atoms with E-state index in [1.54, 1.807) is 6.20 Å². The van der Waals surface area contributed by atoms with Crippen molar-refractivity contribution >= 4 is 21.6 Å². The molecule has 0 saturated heterocycles. The van der Waals surface area contributed by atoms with Crippen molar-refractivity contribution < 1.29 is 0 Å². The van der Waals surface area contributed by atoms with E-state index in [2.05, 4.69) is 39.2 Å². The second-order valence-corrected chi connectivity index (χ2v) is 5.00. The Morgan fingerprint density at radius 3 is 3.00 bits per heavy atom. The summed E-state index contributed by atoms with van der Waals surface area (Å²) in [5.74, 6) is 1.75. The zero-order chi connectivity index (χ0) is 9.97. The maximum absolute atomic E-state index is 4.11. The van der Waals surface area contributed by atoms with E-state index in [1.807, 2.05) is 6.20 Å². The van der Waals surface area contributed by atoms with Gasteiger partial charge in [-0.15, -0.1) is 0 Å². The smallest absolute Gasteiger partial charge is 0.0538 e. The normalized spacial score (nSPS) is 17.9. The Morgan fingerprint density at radius 1 is 1.57 bits per heavy atom. The molecule has 1 N–H and O–H groups in total. The van der Waals surface area contributed by atoms with Gasteiger partial charge in [0.1, 0.15) is 0 Å². The SMILES string of the molecule is CC(CNc1cncc(Br)c1)C1CC1. The third kappa shape index (κ3) is 2.71. The number of nitrogens with zero attached hydrogens (tertiary/aromatic N) is 1. The minimum Gasteiger partial charge on any atom is -0.383 e. The molecule has 1 saturated carbocycles. The molecule has 0 spiro atoms. The lowest BCUT2D eigenvalue weighted by Gasteiger charge is -2.12. The second kappa shape index (κ2) is 4.30. The van der Waals surface area contributed by atoms with E-state index in [-0.39, 0.29) is 0 Å². The molecule has 1 aliphatic rings.